The van der Waals surface area contributed by atoms with Gasteiger partial charge in [0, 0.05) is 21.9 Å². The zero-order valence-electron chi connectivity index (χ0n) is 6.54. The molecule has 1 aromatic carbocycles. The Morgan fingerprint density at radius 2 is 1.67 bits per heavy atom. The Morgan fingerprint density at radius 3 is 2.17 bits per heavy atom. The van der Waals surface area contributed by atoms with Gasteiger partial charge in [-0.1, -0.05) is 18.2 Å². The van der Waals surface area contributed by atoms with Crippen molar-refractivity contribution < 1.29 is 0 Å². The van der Waals surface area contributed by atoms with Gasteiger partial charge in [-0.25, -0.2) is 0 Å². The van der Waals surface area contributed by atoms with Crippen molar-refractivity contribution in [2.45, 2.75) is 10.1 Å². The molecule has 0 bridgehead atoms. The molecule has 0 unspecified atom stereocenters. The summed E-state index contributed by atoms with van der Waals surface area (Å²) in [6.07, 6.45) is 0. The summed E-state index contributed by atoms with van der Waals surface area (Å²) in [5, 5.41) is 0.315. The van der Waals surface area contributed by atoms with E-state index in [2.05, 4.69) is 12.1 Å². The molecule has 0 aliphatic heterocycles. The molecule has 0 amide bonds. The number of hydrogen-bond donors (Lipinski definition) is 0. The molecule has 1 aromatic rings. The van der Waals surface area contributed by atoms with Gasteiger partial charge in [0.25, 0.3) is 0 Å². The summed E-state index contributed by atoms with van der Waals surface area (Å²) in [7, 11) is 0. The number of benzene rings is 1. The Bertz CT molecular complexity index is 209. The van der Waals surface area contributed by atoms with E-state index in [1.807, 2.05) is 18.2 Å². The topological polar surface area (TPSA) is 0 Å². The Balaban J connectivity index is 2.51. The van der Waals surface area contributed by atoms with E-state index in [1.54, 1.807) is 11.8 Å². The number of hydrogen-bond acceptors (Lipinski definition) is 1. The Morgan fingerprint density at radius 1 is 1.08 bits per heavy atom. The van der Waals surface area contributed by atoms with Crippen LogP contribution in [0, 0.1) is 0 Å². The molecule has 0 nitrogen and oxygen atoms in total. The van der Waals surface area contributed by atoms with Crippen LogP contribution in [0.5, 0.6) is 0 Å². The molecule has 0 N–H and O–H groups in total. The standard InChI is InChI=1S/C9H10Cl2S/c10-6-9(7-11)12-8-4-2-1-3-5-8/h1-5,9H,6-7H2. The lowest BCUT2D eigenvalue weighted by Crippen LogP contribution is -2.05. The van der Waals surface area contributed by atoms with Crippen molar-refractivity contribution in [1.29, 1.82) is 0 Å². The molecule has 0 atom stereocenters. The van der Waals surface area contributed by atoms with Gasteiger partial charge in [0.1, 0.15) is 0 Å². The number of rotatable bonds is 4. The minimum atomic E-state index is 0.315. The molecule has 3 heteroatoms. The molecule has 0 fully saturated rings. The first-order valence-corrected chi connectivity index (χ1v) is 5.65. The fourth-order valence-electron chi connectivity index (χ4n) is 0.796. The van der Waals surface area contributed by atoms with Crippen LogP contribution in [-0.2, 0) is 0 Å². The van der Waals surface area contributed by atoms with Crippen LogP contribution in [0.3, 0.4) is 0 Å². The van der Waals surface area contributed by atoms with Gasteiger partial charge in [-0.15, -0.1) is 35.0 Å². The molecular formula is C9H10Cl2S. The Kier molecular flexibility index (Phi) is 4.89. The fourth-order valence-corrected chi connectivity index (χ4v) is 2.33. The van der Waals surface area contributed by atoms with Gasteiger partial charge in [-0.05, 0) is 12.1 Å². The summed E-state index contributed by atoms with van der Waals surface area (Å²) in [4.78, 5) is 1.23. The second-order valence-corrected chi connectivity index (χ2v) is 4.35. The van der Waals surface area contributed by atoms with Crippen molar-refractivity contribution in [2.24, 2.45) is 0 Å². The van der Waals surface area contributed by atoms with E-state index in [1.165, 1.54) is 4.90 Å². The highest BCUT2D eigenvalue weighted by Crippen LogP contribution is 2.24. The van der Waals surface area contributed by atoms with Crippen LogP contribution in [0.2, 0.25) is 0 Å². The first kappa shape index (κ1) is 10.2. The van der Waals surface area contributed by atoms with Crippen LogP contribution in [0.25, 0.3) is 0 Å². The van der Waals surface area contributed by atoms with Crippen LogP contribution >= 0.6 is 35.0 Å². The van der Waals surface area contributed by atoms with E-state index in [-0.39, 0.29) is 0 Å². The van der Waals surface area contributed by atoms with Gasteiger partial charge in [-0.2, -0.15) is 0 Å². The molecule has 0 aliphatic carbocycles. The first-order chi connectivity index (χ1) is 5.86. The Hall–Kier alpha value is 0.150. The molecule has 0 aromatic heterocycles. The van der Waals surface area contributed by atoms with Crippen LogP contribution < -0.4 is 0 Å². The predicted molar refractivity (Wildman–Crippen MR) is 57.5 cm³/mol. The van der Waals surface area contributed by atoms with Crippen LogP contribution in [-0.4, -0.2) is 17.0 Å². The maximum Gasteiger partial charge on any atom is 0.0366 e. The highest BCUT2D eigenvalue weighted by Gasteiger charge is 2.06. The average Bonchev–Trinajstić information content (AvgIpc) is 2.16. The van der Waals surface area contributed by atoms with Crippen molar-refractivity contribution in [3.05, 3.63) is 30.3 Å². The summed E-state index contributed by atoms with van der Waals surface area (Å²) in [6.45, 7) is 0. The van der Waals surface area contributed by atoms with Crippen molar-refractivity contribution >= 4 is 35.0 Å². The lowest BCUT2D eigenvalue weighted by atomic mass is 10.4. The second kappa shape index (κ2) is 5.74. The highest BCUT2D eigenvalue weighted by atomic mass is 35.5. The van der Waals surface area contributed by atoms with Gasteiger partial charge < -0.3 is 0 Å². The Labute approximate surface area is 87.3 Å². The third-order valence-electron chi connectivity index (χ3n) is 1.39. The lowest BCUT2D eigenvalue weighted by molar-refractivity contribution is 1.13. The molecule has 12 heavy (non-hydrogen) atoms. The van der Waals surface area contributed by atoms with Crippen LogP contribution in [0.4, 0.5) is 0 Å². The van der Waals surface area contributed by atoms with Crippen molar-refractivity contribution in [3.8, 4) is 0 Å². The SMILES string of the molecule is ClCC(CCl)Sc1ccccc1. The maximum atomic E-state index is 5.71. The third kappa shape index (κ3) is 3.26. The minimum Gasteiger partial charge on any atom is -0.125 e. The largest absolute Gasteiger partial charge is 0.125 e. The van der Waals surface area contributed by atoms with E-state index in [0.29, 0.717) is 17.0 Å². The molecule has 1 rings (SSSR count). The third-order valence-corrected chi connectivity index (χ3v) is 3.71. The fraction of sp³-hybridized carbons (Fsp3) is 0.333. The minimum absolute atomic E-state index is 0.315. The van der Waals surface area contributed by atoms with E-state index < -0.39 is 0 Å². The molecule has 0 radical (unpaired) electrons. The van der Waals surface area contributed by atoms with Crippen LogP contribution in [0.15, 0.2) is 35.2 Å². The van der Waals surface area contributed by atoms with Gasteiger partial charge >= 0.3 is 0 Å². The summed E-state index contributed by atoms with van der Waals surface area (Å²) in [6, 6.07) is 10.2. The molecule has 66 valence electrons. The zero-order chi connectivity index (χ0) is 8.81. The molecular weight excluding hydrogens is 211 g/mol. The van der Waals surface area contributed by atoms with Gasteiger partial charge in [-0.3, -0.25) is 0 Å². The quantitative estimate of drug-likeness (QED) is 0.552. The molecule has 0 heterocycles. The molecule has 0 saturated carbocycles. The maximum absolute atomic E-state index is 5.71. The lowest BCUT2D eigenvalue weighted by Gasteiger charge is -2.08. The van der Waals surface area contributed by atoms with Gasteiger partial charge in [0.05, 0.1) is 0 Å². The summed E-state index contributed by atoms with van der Waals surface area (Å²) in [5.41, 5.74) is 0. The number of alkyl halides is 2. The van der Waals surface area contributed by atoms with Crippen molar-refractivity contribution in [1.82, 2.24) is 0 Å². The van der Waals surface area contributed by atoms with E-state index >= 15 is 0 Å². The van der Waals surface area contributed by atoms with Gasteiger partial charge in [0.15, 0.2) is 0 Å². The molecule has 0 saturated heterocycles. The van der Waals surface area contributed by atoms with E-state index in [0.717, 1.165) is 0 Å². The normalized spacial score (nSPS) is 10.6. The molecule has 0 spiro atoms. The molecule has 0 aliphatic rings. The van der Waals surface area contributed by atoms with E-state index in [4.69, 9.17) is 23.2 Å². The van der Waals surface area contributed by atoms with Crippen molar-refractivity contribution in [2.75, 3.05) is 11.8 Å². The average molecular weight is 221 g/mol. The summed E-state index contributed by atoms with van der Waals surface area (Å²) >= 11 is 13.1. The predicted octanol–water partition coefficient (Wildman–Crippen LogP) is 3.62. The van der Waals surface area contributed by atoms with Crippen molar-refractivity contribution in [3.63, 3.8) is 0 Å². The van der Waals surface area contributed by atoms with Gasteiger partial charge in [0.2, 0.25) is 0 Å². The monoisotopic (exact) mass is 220 g/mol. The number of halogens is 2. The summed E-state index contributed by atoms with van der Waals surface area (Å²) in [5.74, 6) is 1.20. The zero-order valence-corrected chi connectivity index (χ0v) is 8.87. The van der Waals surface area contributed by atoms with Crippen LogP contribution in [0.1, 0.15) is 0 Å². The second-order valence-electron chi connectivity index (χ2n) is 2.36. The van der Waals surface area contributed by atoms with E-state index in [9.17, 15) is 0 Å². The highest BCUT2D eigenvalue weighted by molar-refractivity contribution is 8.00. The smallest absolute Gasteiger partial charge is 0.0366 e. The first-order valence-electron chi connectivity index (χ1n) is 3.70. The summed E-state index contributed by atoms with van der Waals surface area (Å²) < 4.78 is 0. The number of thioether (sulfide) groups is 1.